The number of alkyl halides is 1. The molecule has 0 radical (unpaired) electrons. The normalized spacial score (nSPS) is 27.5. The van der Waals surface area contributed by atoms with Crippen LogP contribution in [-0.2, 0) is 33.3 Å². The van der Waals surface area contributed by atoms with E-state index in [1.165, 1.54) is 24.3 Å². The number of esters is 3. The maximum Gasteiger partial charge on any atom is 0.303 e. The largest absolute Gasteiger partial charge is 0.463 e. The Morgan fingerprint density at radius 1 is 0.935 bits per heavy atom. The van der Waals surface area contributed by atoms with Crippen LogP contribution in [0.25, 0.3) is 0 Å². The molecular weight excluding hydrogens is 417 g/mol. The number of rotatable bonds is 5. The van der Waals surface area contributed by atoms with Gasteiger partial charge in [-0.05, 0) is 12.1 Å². The van der Waals surface area contributed by atoms with Gasteiger partial charge in [-0.1, -0.05) is 12.1 Å². The molecule has 1 saturated heterocycles. The van der Waals surface area contributed by atoms with Gasteiger partial charge in [0.05, 0.1) is 11.1 Å². The molecule has 5 atom stereocenters. The zero-order valence-electron chi connectivity index (χ0n) is 16.9. The lowest BCUT2D eigenvalue weighted by Gasteiger charge is -2.44. The summed E-state index contributed by atoms with van der Waals surface area (Å²) in [4.78, 5) is 61.0. The Kier molecular flexibility index (Phi) is 6.34. The summed E-state index contributed by atoms with van der Waals surface area (Å²) in [6, 6.07) is 4.14. The average Bonchev–Trinajstić information content (AvgIpc) is 2.93. The Bertz CT molecular complexity index is 898. The molecule has 0 aliphatic carbocycles. The quantitative estimate of drug-likeness (QED) is 0.373. The monoisotopic (exact) mass is 437 g/mol. The number of hydrogen-bond donors (Lipinski definition) is 0. The summed E-state index contributed by atoms with van der Waals surface area (Å²) in [5, 5.41) is 0. The maximum absolute atomic E-state index is 15.2. The molecule has 0 bridgehead atoms. The third kappa shape index (κ3) is 4.41. The summed E-state index contributed by atoms with van der Waals surface area (Å²) in [5.74, 6) is -4.02. The number of nitrogens with zero attached hydrogens (tertiary/aromatic N) is 1. The highest BCUT2D eigenvalue weighted by Gasteiger charge is 2.57. The minimum Gasteiger partial charge on any atom is -0.463 e. The summed E-state index contributed by atoms with van der Waals surface area (Å²) < 4.78 is 35.7. The third-order valence-corrected chi connectivity index (χ3v) is 4.78. The van der Waals surface area contributed by atoms with E-state index in [4.69, 9.17) is 18.9 Å². The molecule has 1 fully saturated rings. The molecule has 2 aliphatic heterocycles. The SMILES string of the molecule is CC(=O)OC[C@H]1O[C@H](F)[C@H](N2C(=O)c3ccccc3C2=O)[C@@H](OC(C)=O)[C@H]1OC(C)=O. The Balaban J connectivity index is 2.01. The van der Waals surface area contributed by atoms with Crippen LogP contribution in [0.15, 0.2) is 24.3 Å². The summed E-state index contributed by atoms with van der Waals surface area (Å²) in [6.45, 7) is 2.70. The third-order valence-electron chi connectivity index (χ3n) is 4.78. The lowest BCUT2D eigenvalue weighted by Crippen LogP contribution is -2.66. The van der Waals surface area contributed by atoms with E-state index in [1.54, 1.807) is 0 Å². The lowest BCUT2D eigenvalue weighted by molar-refractivity contribution is -0.253. The van der Waals surface area contributed by atoms with E-state index in [9.17, 15) is 24.0 Å². The Hall–Kier alpha value is -3.34. The van der Waals surface area contributed by atoms with Crippen LogP contribution in [0, 0.1) is 0 Å². The van der Waals surface area contributed by atoms with Crippen molar-refractivity contribution < 1.29 is 47.3 Å². The second-order valence-corrected chi connectivity index (χ2v) is 6.99. The molecular formula is C20H20FNO9. The molecule has 11 heteroatoms. The molecule has 1 aromatic carbocycles. The molecule has 2 heterocycles. The van der Waals surface area contributed by atoms with Crippen LogP contribution in [-0.4, -0.2) is 71.9 Å². The number of halogens is 1. The van der Waals surface area contributed by atoms with Crippen LogP contribution in [0.3, 0.4) is 0 Å². The number of carbonyl (C=O) groups excluding carboxylic acids is 5. The molecule has 2 aliphatic rings. The van der Waals surface area contributed by atoms with Gasteiger partial charge in [0.1, 0.15) is 18.8 Å². The van der Waals surface area contributed by atoms with Crippen molar-refractivity contribution in [3.8, 4) is 0 Å². The molecule has 10 nitrogen and oxygen atoms in total. The zero-order valence-corrected chi connectivity index (χ0v) is 16.9. The number of imide groups is 1. The number of carbonyl (C=O) groups is 5. The molecule has 0 unspecified atom stereocenters. The van der Waals surface area contributed by atoms with Crippen LogP contribution in [0.5, 0.6) is 0 Å². The molecule has 0 aromatic heterocycles. The summed E-state index contributed by atoms with van der Waals surface area (Å²) in [5.41, 5.74) is 0.0969. The smallest absolute Gasteiger partial charge is 0.303 e. The van der Waals surface area contributed by atoms with E-state index in [0.717, 1.165) is 20.8 Å². The van der Waals surface area contributed by atoms with Crippen LogP contribution >= 0.6 is 0 Å². The maximum atomic E-state index is 15.2. The number of ether oxygens (including phenoxy) is 4. The second kappa shape index (κ2) is 8.80. The fourth-order valence-corrected chi connectivity index (χ4v) is 3.62. The van der Waals surface area contributed by atoms with Crippen molar-refractivity contribution in [1.82, 2.24) is 4.90 Å². The van der Waals surface area contributed by atoms with E-state index < -0.39 is 67.0 Å². The molecule has 0 saturated carbocycles. The van der Waals surface area contributed by atoms with E-state index in [2.05, 4.69) is 0 Å². The van der Waals surface area contributed by atoms with Crippen LogP contribution in [0.4, 0.5) is 4.39 Å². The van der Waals surface area contributed by atoms with Crippen molar-refractivity contribution >= 4 is 29.7 Å². The minimum absolute atomic E-state index is 0.0485. The first kappa shape index (κ1) is 22.3. The van der Waals surface area contributed by atoms with E-state index in [1.807, 2.05) is 0 Å². The zero-order chi connectivity index (χ0) is 22.9. The van der Waals surface area contributed by atoms with Crippen molar-refractivity contribution in [2.45, 2.75) is 51.5 Å². The van der Waals surface area contributed by atoms with Gasteiger partial charge in [-0.3, -0.25) is 28.9 Å². The first-order valence-electron chi connectivity index (χ1n) is 9.36. The number of fused-ring (bicyclic) bond motifs is 1. The first-order chi connectivity index (χ1) is 14.6. The highest BCUT2D eigenvalue weighted by Crippen LogP contribution is 2.35. The van der Waals surface area contributed by atoms with Gasteiger partial charge in [0, 0.05) is 20.8 Å². The molecule has 2 amide bonds. The fraction of sp³-hybridized carbons (Fsp3) is 0.450. The molecule has 31 heavy (non-hydrogen) atoms. The number of hydrogen-bond acceptors (Lipinski definition) is 9. The number of benzene rings is 1. The topological polar surface area (TPSA) is 126 Å². The first-order valence-corrected chi connectivity index (χ1v) is 9.36. The predicted molar refractivity (Wildman–Crippen MR) is 98.2 cm³/mol. The Labute approximate surface area is 176 Å². The van der Waals surface area contributed by atoms with E-state index >= 15 is 4.39 Å². The Morgan fingerprint density at radius 2 is 1.45 bits per heavy atom. The van der Waals surface area contributed by atoms with Crippen molar-refractivity contribution in [3.63, 3.8) is 0 Å². The summed E-state index contributed by atoms with van der Waals surface area (Å²) in [6.07, 6.45) is -6.73. The van der Waals surface area contributed by atoms with E-state index in [0.29, 0.717) is 4.90 Å². The summed E-state index contributed by atoms with van der Waals surface area (Å²) in [7, 11) is 0. The van der Waals surface area contributed by atoms with Crippen LogP contribution < -0.4 is 0 Å². The van der Waals surface area contributed by atoms with Crippen LogP contribution in [0.1, 0.15) is 41.5 Å². The van der Waals surface area contributed by atoms with Gasteiger partial charge in [-0.2, -0.15) is 0 Å². The average molecular weight is 437 g/mol. The van der Waals surface area contributed by atoms with Crippen molar-refractivity contribution in [3.05, 3.63) is 35.4 Å². The summed E-state index contributed by atoms with van der Waals surface area (Å²) >= 11 is 0. The molecule has 166 valence electrons. The van der Waals surface area contributed by atoms with Gasteiger partial charge in [-0.25, -0.2) is 4.39 Å². The highest BCUT2D eigenvalue weighted by molar-refractivity contribution is 6.21. The van der Waals surface area contributed by atoms with Gasteiger partial charge >= 0.3 is 17.9 Å². The Morgan fingerprint density at radius 3 is 1.94 bits per heavy atom. The van der Waals surface area contributed by atoms with Crippen LogP contribution in [0.2, 0.25) is 0 Å². The van der Waals surface area contributed by atoms with E-state index in [-0.39, 0.29) is 11.1 Å². The van der Waals surface area contributed by atoms with Gasteiger partial charge < -0.3 is 18.9 Å². The molecule has 0 spiro atoms. The predicted octanol–water partition coefficient (Wildman–Crippen LogP) is 0.772. The second-order valence-electron chi connectivity index (χ2n) is 6.99. The van der Waals surface area contributed by atoms with Crippen molar-refractivity contribution in [2.24, 2.45) is 0 Å². The van der Waals surface area contributed by atoms with Gasteiger partial charge in [0.15, 0.2) is 12.2 Å². The van der Waals surface area contributed by atoms with Gasteiger partial charge in [0.25, 0.3) is 11.8 Å². The standard InChI is InChI=1S/C20H20FNO9/c1-9(23)28-8-14-16(29-10(2)24)17(30-11(3)25)15(18(21)31-14)22-19(26)12-6-4-5-7-13(12)20(22)27/h4-7,14-18H,8H2,1-3H3/t14-,15-,16+,17-,18+/m1/s1. The highest BCUT2D eigenvalue weighted by atomic mass is 19.1. The minimum atomic E-state index is -2.32. The van der Waals surface area contributed by atoms with Gasteiger partial charge in [-0.15, -0.1) is 0 Å². The van der Waals surface area contributed by atoms with Crippen molar-refractivity contribution in [1.29, 1.82) is 0 Å². The molecule has 0 N–H and O–H groups in total. The molecule has 1 aromatic rings. The fourth-order valence-electron chi connectivity index (χ4n) is 3.62. The molecule has 3 rings (SSSR count). The van der Waals surface area contributed by atoms with Gasteiger partial charge in [0.2, 0.25) is 6.36 Å². The van der Waals surface area contributed by atoms with Crippen molar-refractivity contribution in [2.75, 3.05) is 6.61 Å². The number of amides is 2. The lowest BCUT2D eigenvalue weighted by atomic mass is 9.95.